The monoisotopic (exact) mass is 219 g/mol. The average Bonchev–Trinajstić information content (AvgIpc) is 2.90. The number of fused-ring (bicyclic) bond motifs is 1. The van der Waals surface area contributed by atoms with Gasteiger partial charge in [-0.3, -0.25) is 4.90 Å². The topological polar surface area (TPSA) is 37.5 Å². The molecule has 0 amide bonds. The minimum Gasteiger partial charge on any atom is -0.330 e. The maximum atomic E-state index is 4.21. The van der Waals surface area contributed by atoms with Crippen LogP contribution in [-0.4, -0.2) is 51.8 Å². The molecule has 0 radical (unpaired) electrons. The smallest absolute Gasteiger partial charge is 0.135 e. The molecule has 2 aromatic heterocycles. The van der Waals surface area contributed by atoms with Crippen LogP contribution in [0.5, 0.6) is 0 Å². The molecule has 0 bridgehead atoms. The van der Waals surface area contributed by atoms with Crippen LogP contribution in [0.2, 0.25) is 0 Å². The maximum Gasteiger partial charge on any atom is 0.135 e. The zero-order valence-corrected chi connectivity index (χ0v) is 9.34. The van der Waals surface area contributed by atoms with Gasteiger partial charge in [-0.05, 0) is 0 Å². The molecule has 86 valence electrons. The molecule has 0 aliphatic carbocycles. The number of hydrogen-bond donors (Lipinski definition) is 1. The molecule has 3 rings (SSSR count). The Morgan fingerprint density at radius 2 is 2.06 bits per heavy atom. The van der Waals surface area contributed by atoms with Crippen LogP contribution in [0, 0.1) is 0 Å². The molecular formula is C11H17N5. The third kappa shape index (κ3) is 1.83. The number of nitrogens with zero attached hydrogens (tertiary/aromatic N) is 4. The molecule has 0 saturated carbocycles. The molecule has 5 heteroatoms. The lowest BCUT2D eigenvalue weighted by Gasteiger charge is -2.27. The van der Waals surface area contributed by atoms with Gasteiger partial charge in [0.2, 0.25) is 0 Å². The summed E-state index contributed by atoms with van der Waals surface area (Å²) in [5, 5.41) is 7.58. The summed E-state index contributed by atoms with van der Waals surface area (Å²) >= 11 is 0. The van der Waals surface area contributed by atoms with E-state index < -0.39 is 0 Å². The molecule has 5 nitrogen and oxygen atoms in total. The van der Waals surface area contributed by atoms with E-state index in [0.29, 0.717) is 0 Å². The molecule has 3 heterocycles. The van der Waals surface area contributed by atoms with Crippen LogP contribution in [-0.2, 0) is 6.54 Å². The van der Waals surface area contributed by atoms with Crippen molar-refractivity contribution >= 4 is 5.65 Å². The highest BCUT2D eigenvalue weighted by atomic mass is 15.3. The van der Waals surface area contributed by atoms with Crippen molar-refractivity contribution in [3.63, 3.8) is 0 Å². The van der Waals surface area contributed by atoms with Crippen molar-refractivity contribution in [3.8, 4) is 0 Å². The van der Waals surface area contributed by atoms with Crippen molar-refractivity contribution in [3.05, 3.63) is 24.7 Å². The van der Waals surface area contributed by atoms with Crippen LogP contribution in [0.3, 0.4) is 0 Å². The molecule has 16 heavy (non-hydrogen) atoms. The highest BCUT2D eigenvalue weighted by Gasteiger charge is 2.09. The van der Waals surface area contributed by atoms with Crippen LogP contribution in [0.4, 0.5) is 0 Å². The van der Waals surface area contributed by atoms with Crippen molar-refractivity contribution in [1.29, 1.82) is 0 Å². The Morgan fingerprint density at radius 3 is 2.94 bits per heavy atom. The van der Waals surface area contributed by atoms with E-state index in [0.717, 1.165) is 39.3 Å². The summed E-state index contributed by atoms with van der Waals surface area (Å²) in [5.74, 6) is 0. The Hall–Kier alpha value is -1.33. The molecule has 0 spiro atoms. The summed E-state index contributed by atoms with van der Waals surface area (Å²) in [5.41, 5.74) is 1.18. The lowest BCUT2D eigenvalue weighted by Crippen LogP contribution is -2.44. The standard InChI is InChI=1S/C11H17N5/c1-2-13-16-10-9-15(11(1)16)8-7-14-5-3-12-4-6-14/h1-2,9-10,12H,3-8H2. The first-order valence-corrected chi connectivity index (χ1v) is 5.85. The van der Waals surface area contributed by atoms with E-state index in [-0.39, 0.29) is 0 Å². The molecule has 1 N–H and O–H groups in total. The molecule has 0 aromatic carbocycles. The highest BCUT2D eigenvalue weighted by molar-refractivity contribution is 5.37. The van der Waals surface area contributed by atoms with Gasteiger partial charge in [-0.25, -0.2) is 4.52 Å². The Morgan fingerprint density at radius 1 is 1.19 bits per heavy atom. The summed E-state index contributed by atoms with van der Waals surface area (Å²) in [7, 11) is 0. The summed E-state index contributed by atoms with van der Waals surface area (Å²) < 4.78 is 4.17. The average molecular weight is 219 g/mol. The molecule has 2 aromatic rings. The zero-order valence-electron chi connectivity index (χ0n) is 9.34. The molecule has 1 aliphatic heterocycles. The number of piperazine rings is 1. The third-order valence-electron chi connectivity index (χ3n) is 3.20. The van der Waals surface area contributed by atoms with Crippen molar-refractivity contribution in [1.82, 2.24) is 24.4 Å². The van der Waals surface area contributed by atoms with Gasteiger partial charge in [0, 0.05) is 57.7 Å². The van der Waals surface area contributed by atoms with Gasteiger partial charge in [-0.15, -0.1) is 0 Å². The lowest BCUT2D eigenvalue weighted by molar-refractivity contribution is 0.233. The fourth-order valence-electron chi connectivity index (χ4n) is 2.24. The molecule has 1 fully saturated rings. The Bertz CT molecular complexity index is 452. The third-order valence-corrected chi connectivity index (χ3v) is 3.20. The largest absolute Gasteiger partial charge is 0.330 e. The Kier molecular flexibility index (Phi) is 2.63. The zero-order chi connectivity index (χ0) is 10.8. The van der Waals surface area contributed by atoms with Crippen LogP contribution in [0.15, 0.2) is 24.7 Å². The minimum atomic E-state index is 1.04. The predicted molar refractivity (Wildman–Crippen MR) is 62.5 cm³/mol. The van der Waals surface area contributed by atoms with Crippen LogP contribution >= 0.6 is 0 Å². The van der Waals surface area contributed by atoms with E-state index >= 15 is 0 Å². The highest BCUT2D eigenvalue weighted by Crippen LogP contribution is 2.04. The van der Waals surface area contributed by atoms with Gasteiger partial charge in [0.1, 0.15) is 5.65 Å². The van der Waals surface area contributed by atoms with Gasteiger partial charge in [0.05, 0.1) is 6.20 Å². The van der Waals surface area contributed by atoms with Crippen molar-refractivity contribution in [2.45, 2.75) is 6.54 Å². The van der Waals surface area contributed by atoms with Gasteiger partial charge in [-0.1, -0.05) is 0 Å². The SMILES string of the molecule is c1cc2n(CCN3CCNCC3)ccn2n1. The van der Waals surface area contributed by atoms with Crippen molar-refractivity contribution in [2.24, 2.45) is 0 Å². The second-order valence-electron chi connectivity index (χ2n) is 4.22. The first-order chi connectivity index (χ1) is 7.93. The summed E-state index contributed by atoms with van der Waals surface area (Å²) in [6.07, 6.45) is 5.95. The number of nitrogens with one attached hydrogen (secondary N) is 1. The number of rotatable bonds is 3. The van der Waals surface area contributed by atoms with E-state index in [1.54, 1.807) is 0 Å². The van der Waals surface area contributed by atoms with Crippen molar-refractivity contribution in [2.75, 3.05) is 32.7 Å². The van der Waals surface area contributed by atoms with Gasteiger partial charge >= 0.3 is 0 Å². The van der Waals surface area contributed by atoms with E-state index in [9.17, 15) is 0 Å². The first kappa shape index (κ1) is 9.86. The fourth-order valence-corrected chi connectivity index (χ4v) is 2.24. The first-order valence-electron chi connectivity index (χ1n) is 5.85. The quantitative estimate of drug-likeness (QED) is 0.792. The second-order valence-corrected chi connectivity index (χ2v) is 4.22. The summed E-state index contributed by atoms with van der Waals surface area (Å²) in [6, 6.07) is 2.05. The van der Waals surface area contributed by atoms with Crippen LogP contribution in [0.25, 0.3) is 5.65 Å². The van der Waals surface area contributed by atoms with Gasteiger partial charge in [-0.2, -0.15) is 5.10 Å². The van der Waals surface area contributed by atoms with Gasteiger partial charge in [0.25, 0.3) is 0 Å². The summed E-state index contributed by atoms with van der Waals surface area (Å²) in [6.45, 7) is 6.73. The van der Waals surface area contributed by atoms with E-state index in [1.165, 1.54) is 5.65 Å². The predicted octanol–water partition coefficient (Wildman–Crippen LogP) is 0.0410. The van der Waals surface area contributed by atoms with E-state index in [2.05, 4.69) is 32.1 Å². The van der Waals surface area contributed by atoms with Crippen molar-refractivity contribution < 1.29 is 0 Å². The Balaban J connectivity index is 1.64. The van der Waals surface area contributed by atoms with Gasteiger partial charge < -0.3 is 9.88 Å². The van der Waals surface area contributed by atoms with E-state index in [1.807, 2.05) is 16.9 Å². The van der Waals surface area contributed by atoms with Gasteiger partial charge in [0.15, 0.2) is 0 Å². The number of imidazole rings is 1. The lowest BCUT2D eigenvalue weighted by atomic mass is 10.3. The molecule has 0 unspecified atom stereocenters. The molecule has 1 saturated heterocycles. The van der Waals surface area contributed by atoms with E-state index in [4.69, 9.17) is 0 Å². The molecule has 1 aliphatic rings. The molecule has 0 atom stereocenters. The molecular weight excluding hydrogens is 202 g/mol. The second kappa shape index (κ2) is 4.27. The number of hydrogen-bond acceptors (Lipinski definition) is 3. The minimum absolute atomic E-state index is 1.04. The maximum absolute atomic E-state index is 4.21. The van der Waals surface area contributed by atoms with Crippen LogP contribution in [0.1, 0.15) is 0 Å². The fraction of sp³-hybridized carbons (Fsp3) is 0.545. The number of aromatic nitrogens is 3. The Labute approximate surface area is 94.7 Å². The summed E-state index contributed by atoms with van der Waals surface area (Å²) in [4.78, 5) is 2.50. The normalized spacial score (nSPS) is 18.2. The van der Waals surface area contributed by atoms with Crippen LogP contribution < -0.4 is 5.32 Å².